The van der Waals surface area contributed by atoms with Crippen LogP contribution >= 0.6 is 0 Å². The highest BCUT2D eigenvalue weighted by Crippen LogP contribution is 2.41. The molecule has 0 radical (unpaired) electrons. The first-order chi connectivity index (χ1) is 25.5. The van der Waals surface area contributed by atoms with Crippen molar-refractivity contribution in [2.24, 2.45) is 0 Å². The highest BCUT2D eigenvalue weighted by molar-refractivity contribution is 5.98. The summed E-state index contributed by atoms with van der Waals surface area (Å²) < 4.78 is 0. The summed E-state index contributed by atoms with van der Waals surface area (Å²) in [6.07, 6.45) is 3.76. The predicted octanol–water partition coefficient (Wildman–Crippen LogP) is 12.0. The Kier molecular flexibility index (Phi) is 10.3. The maximum absolute atomic E-state index is 10.8. The lowest BCUT2D eigenvalue weighted by atomic mass is 9.82. The van der Waals surface area contributed by atoms with E-state index in [0.29, 0.717) is 0 Å². The predicted molar refractivity (Wildman–Crippen MR) is 227 cm³/mol. The molecular formula is C49H54N3O+. The number of aliphatic hydroxyl groups is 1. The largest absolute Gasteiger partial charge is 0.391 e. The van der Waals surface area contributed by atoms with Crippen LogP contribution in [-0.4, -0.2) is 31.3 Å². The summed E-state index contributed by atoms with van der Waals surface area (Å²) in [5.74, 6) is 1.19. The van der Waals surface area contributed by atoms with Crippen LogP contribution in [0, 0.1) is 47.5 Å². The Morgan fingerprint density at radius 1 is 0.566 bits per heavy atom. The SMILES string of the molecule is Cc1cc(C)c(N(C)c2ccc([C+](c3ccc(N(C)c4c(C)cc(C)cc4C)cc3)c3ccc(NC4CCCCC4O)c4ccccc34)cc2)c(C)c1. The molecule has 0 spiro atoms. The number of benzene rings is 6. The van der Waals surface area contributed by atoms with Gasteiger partial charge in [-0.2, -0.15) is 0 Å². The number of aliphatic hydroxyl groups excluding tert-OH is 1. The maximum Gasteiger partial charge on any atom is 0.0741 e. The third kappa shape index (κ3) is 7.26. The number of nitrogens with one attached hydrogen (secondary N) is 1. The van der Waals surface area contributed by atoms with Crippen molar-refractivity contribution in [3.8, 4) is 0 Å². The quantitative estimate of drug-likeness (QED) is 0.116. The first-order valence-corrected chi connectivity index (χ1v) is 19.2. The Hall–Kier alpha value is -5.19. The van der Waals surface area contributed by atoms with Gasteiger partial charge in [0.15, 0.2) is 0 Å². The fourth-order valence-corrected chi connectivity index (χ4v) is 8.96. The van der Waals surface area contributed by atoms with Gasteiger partial charge in [-0.3, -0.25) is 0 Å². The summed E-state index contributed by atoms with van der Waals surface area (Å²) in [5, 5.41) is 16.9. The average molecular weight is 701 g/mol. The molecule has 2 unspecified atom stereocenters. The van der Waals surface area contributed by atoms with Gasteiger partial charge >= 0.3 is 0 Å². The van der Waals surface area contributed by atoms with Crippen molar-refractivity contribution in [3.05, 3.63) is 165 Å². The summed E-state index contributed by atoms with van der Waals surface area (Å²) in [5.41, 5.74) is 17.1. The van der Waals surface area contributed by atoms with Crippen LogP contribution < -0.4 is 15.1 Å². The van der Waals surface area contributed by atoms with Crippen LogP contribution in [0.25, 0.3) is 10.8 Å². The Labute approximate surface area is 317 Å². The van der Waals surface area contributed by atoms with Crippen molar-refractivity contribution < 1.29 is 5.11 Å². The molecule has 1 saturated carbocycles. The number of fused-ring (bicyclic) bond motifs is 1. The minimum absolute atomic E-state index is 0.0668. The second-order valence-electron chi connectivity index (χ2n) is 15.4. The van der Waals surface area contributed by atoms with E-state index >= 15 is 0 Å². The Bertz CT molecular complexity index is 2080. The summed E-state index contributed by atoms with van der Waals surface area (Å²) in [4.78, 5) is 4.62. The van der Waals surface area contributed by atoms with Crippen LogP contribution in [0.5, 0.6) is 0 Å². The molecule has 0 aliphatic heterocycles. The van der Waals surface area contributed by atoms with Gasteiger partial charge in [0, 0.05) is 36.2 Å². The fraction of sp³-hybridized carbons (Fsp3) is 0.286. The van der Waals surface area contributed by atoms with Gasteiger partial charge in [-0.15, -0.1) is 0 Å². The van der Waals surface area contributed by atoms with E-state index in [2.05, 4.69) is 180 Å². The minimum atomic E-state index is -0.322. The second kappa shape index (κ2) is 15.0. The number of nitrogens with zero attached hydrogens (tertiary/aromatic N) is 2. The van der Waals surface area contributed by atoms with E-state index in [9.17, 15) is 5.11 Å². The van der Waals surface area contributed by atoms with E-state index in [0.717, 1.165) is 42.7 Å². The van der Waals surface area contributed by atoms with E-state index in [1.165, 1.54) is 78.1 Å². The summed E-state index contributed by atoms with van der Waals surface area (Å²) >= 11 is 0. The van der Waals surface area contributed by atoms with Gasteiger partial charge in [-0.25, -0.2) is 0 Å². The van der Waals surface area contributed by atoms with E-state index in [4.69, 9.17) is 0 Å². The van der Waals surface area contributed by atoms with Crippen LogP contribution in [0.4, 0.5) is 28.4 Å². The molecule has 6 aromatic carbocycles. The molecule has 1 aliphatic carbocycles. The Morgan fingerprint density at radius 3 is 1.49 bits per heavy atom. The number of anilines is 5. The third-order valence-electron chi connectivity index (χ3n) is 11.3. The molecule has 6 aromatic rings. The molecule has 0 amide bonds. The van der Waals surface area contributed by atoms with Crippen molar-refractivity contribution in [2.75, 3.05) is 29.2 Å². The fourth-order valence-electron chi connectivity index (χ4n) is 8.96. The minimum Gasteiger partial charge on any atom is -0.391 e. The molecule has 1 aliphatic rings. The molecule has 2 N–H and O–H groups in total. The number of hydrogen-bond donors (Lipinski definition) is 2. The first-order valence-electron chi connectivity index (χ1n) is 19.2. The van der Waals surface area contributed by atoms with Crippen LogP contribution in [0.1, 0.15) is 75.8 Å². The van der Waals surface area contributed by atoms with Crippen LogP contribution in [0.3, 0.4) is 0 Å². The molecule has 7 rings (SSSR count). The molecule has 0 aromatic heterocycles. The van der Waals surface area contributed by atoms with Crippen molar-refractivity contribution in [2.45, 2.75) is 79.4 Å². The van der Waals surface area contributed by atoms with Gasteiger partial charge in [0.05, 0.1) is 51.8 Å². The lowest BCUT2D eigenvalue weighted by molar-refractivity contribution is 0.116. The molecule has 0 bridgehead atoms. The topological polar surface area (TPSA) is 38.7 Å². The third-order valence-corrected chi connectivity index (χ3v) is 11.3. The van der Waals surface area contributed by atoms with Crippen LogP contribution in [0.2, 0.25) is 0 Å². The molecule has 0 saturated heterocycles. The number of hydrogen-bond acceptors (Lipinski definition) is 4. The number of aryl methyl sites for hydroxylation is 6. The van der Waals surface area contributed by atoms with Gasteiger partial charge in [-0.05, 0) is 149 Å². The van der Waals surface area contributed by atoms with Gasteiger partial charge in [-0.1, -0.05) is 60.4 Å². The first kappa shape index (κ1) is 36.2. The van der Waals surface area contributed by atoms with Crippen molar-refractivity contribution in [1.82, 2.24) is 0 Å². The highest BCUT2D eigenvalue weighted by atomic mass is 16.3. The summed E-state index contributed by atoms with van der Waals surface area (Å²) in [7, 11) is 4.33. The highest BCUT2D eigenvalue weighted by Gasteiger charge is 2.28. The zero-order chi connectivity index (χ0) is 37.4. The van der Waals surface area contributed by atoms with Crippen molar-refractivity contribution in [1.29, 1.82) is 0 Å². The Morgan fingerprint density at radius 2 is 1.02 bits per heavy atom. The zero-order valence-corrected chi connectivity index (χ0v) is 32.7. The van der Waals surface area contributed by atoms with Crippen molar-refractivity contribution in [3.63, 3.8) is 0 Å². The van der Waals surface area contributed by atoms with Gasteiger partial charge in [0.25, 0.3) is 0 Å². The average Bonchev–Trinajstić information content (AvgIpc) is 3.13. The Balaban J connectivity index is 1.31. The van der Waals surface area contributed by atoms with E-state index in [1.807, 2.05) is 0 Å². The van der Waals surface area contributed by atoms with Crippen LogP contribution in [0.15, 0.2) is 109 Å². The summed E-state index contributed by atoms with van der Waals surface area (Å²) in [6, 6.07) is 40.4. The lowest BCUT2D eigenvalue weighted by Crippen LogP contribution is -2.36. The van der Waals surface area contributed by atoms with Gasteiger partial charge < -0.3 is 20.2 Å². The van der Waals surface area contributed by atoms with Gasteiger partial charge in [0.1, 0.15) is 0 Å². The zero-order valence-electron chi connectivity index (χ0n) is 32.7. The van der Waals surface area contributed by atoms with Gasteiger partial charge in [0.2, 0.25) is 0 Å². The van der Waals surface area contributed by atoms with E-state index in [1.54, 1.807) is 0 Å². The second-order valence-corrected chi connectivity index (χ2v) is 15.4. The molecule has 4 nitrogen and oxygen atoms in total. The standard InChI is InChI=1S/C49H54N3O/c1-31-27-33(3)48(34(4)28-31)51(7)39-21-17-37(18-22-39)47(38-19-23-40(24-20-38)52(8)49-35(5)29-32(2)30-36(49)6)43-25-26-44(42-14-10-9-13-41(42)43)50-45-15-11-12-16-46(45)53/h9-10,13-14,17-30,45-46,50,53H,11-12,15-16H2,1-8H3/q+1. The summed E-state index contributed by atoms with van der Waals surface area (Å²) in [6.45, 7) is 13.1. The normalized spacial score (nSPS) is 15.7. The van der Waals surface area contributed by atoms with E-state index in [-0.39, 0.29) is 12.1 Å². The maximum atomic E-state index is 10.8. The molecule has 53 heavy (non-hydrogen) atoms. The molecule has 270 valence electrons. The lowest BCUT2D eigenvalue weighted by Gasteiger charge is -2.29. The van der Waals surface area contributed by atoms with E-state index < -0.39 is 0 Å². The molecular weight excluding hydrogens is 647 g/mol. The smallest absolute Gasteiger partial charge is 0.0741 e. The number of rotatable bonds is 9. The molecule has 1 fully saturated rings. The van der Waals surface area contributed by atoms with Crippen LogP contribution in [-0.2, 0) is 0 Å². The monoisotopic (exact) mass is 700 g/mol. The molecule has 4 heteroatoms. The van der Waals surface area contributed by atoms with Crippen molar-refractivity contribution >= 4 is 39.2 Å². The molecule has 0 heterocycles. The molecule has 2 atom stereocenters.